The van der Waals surface area contributed by atoms with Gasteiger partial charge in [0.15, 0.2) is 5.75 Å². The fraction of sp³-hybridized carbons (Fsp3) is 0.240. The van der Waals surface area contributed by atoms with Crippen LogP contribution in [0.15, 0.2) is 78.9 Å². The van der Waals surface area contributed by atoms with Crippen LogP contribution in [0.1, 0.15) is 0 Å². The Morgan fingerprint density at radius 2 is 1.62 bits per heavy atom. The summed E-state index contributed by atoms with van der Waals surface area (Å²) in [7, 11) is -3.74. The second-order valence-corrected chi connectivity index (χ2v) is 10.3. The Labute approximate surface area is 205 Å². The smallest absolute Gasteiger partial charge is 0.243 e. The number of hydrogen-bond acceptors (Lipinski definition) is 5. The van der Waals surface area contributed by atoms with E-state index < -0.39 is 10.0 Å². The number of carbonyl (C=O) groups excluding carboxylic acids is 1. The second-order valence-electron chi connectivity index (χ2n) is 8.00. The largest absolute Gasteiger partial charge is 0.455 e. The maximum Gasteiger partial charge on any atom is 0.243 e. The predicted octanol–water partition coefficient (Wildman–Crippen LogP) is 4.25. The number of benzene rings is 3. The van der Waals surface area contributed by atoms with Gasteiger partial charge in [-0.2, -0.15) is 0 Å². The molecule has 3 aromatic rings. The van der Waals surface area contributed by atoms with Crippen LogP contribution >= 0.6 is 11.6 Å². The summed E-state index contributed by atoms with van der Waals surface area (Å²) in [6, 6.07) is 23.5. The number of rotatable bonds is 7. The van der Waals surface area contributed by atoms with Crippen molar-refractivity contribution in [2.45, 2.75) is 0 Å². The molecule has 0 aromatic heterocycles. The van der Waals surface area contributed by atoms with Crippen molar-refractivity contribution in [1.29, 1.82) is 0 Å². The number of anilines is 2. The minimum absolute atomic E-state index is 0.259. The van der Waals surface area contributed by atoms with Gasteiger partial charge in [-0.15, -0.1) is 0 Å². The molecule has 34 heavy (non-hydrogen) atoms. The van der Waals surface area contributed by atoms with Gasteiger partial charge in [-0.25, -0.2) is 8.42 Å². The van der Waals surface area contributed by atoms with Crippen molar-refractivity contribution >= 4 is 38.9 Å². The van der Waals surface area contributed by atoms with E-state index in [4.69, 9.17) is 16.3 Å². The predicted molar refractivity (Wildman–Crippen MR) is 135 cm³/mol. The van der Waals surface area contributed by atoms with E-state index in [1.807, 2.05) is 42.5 Å². The van der Waals surface area contributed by atoms with E-state index in [9.17, 15) is 13.2 Å². The van der Waals surface area contributed by atoms with Gasteiger partial charge in [0.05, 0.1) is 11.9 Å². The van der Waals surface area contributed by atoms with Crippen LogP contribution in [0, 0.1) is 0 Å². The lowest BCUT2D eigenvalue weighted by Crippen LogP contribution is -2.52. The van der Waals surface area contributed by atoms with Crippen LogP contribution < -0.4 is 13.9 Å². The van der Waals surface area contributed by atoms with Crippen molar-refractivity contribution in [3.63, 3.8) is 0 Å². The Hall–Kier alpha value is -3.23. The second kappa shape index (κ2) is 10.4. The van der Waals surface area contributed by atoms with Gasteiger partial charge in [0, 0.05) is 36.9 Å². The molecule has 0 aliphatic carbocycles. The highest BCUT2D eigenvalue weighted by Gasteiger charge is 2.28. The van der Waals surface area contributed by atoms with Crippen molar-refractivity contribution in [3.8, 4) is 11.5 Å². The molecule has 1 aliphatic rings. The van der Waals surface area contributed by atoms with Crippen LogP contribution in [0.25, 0.3) is 0 Å². The van der Waals surface area contributed by atoms with Gasteiger partial charge in [0.2, 0.25) is 15.9 Å². The molecule has 178 valence electrons. The summed E-state index contributed by atoms with van der Waals surface area (Å²) in [6.07, 6.45) is 1.09. The molecule has 0 N–H and O–H groups in total. The van der Waals surface area contributed by atoms with Crippen molar-refractivity contribution in [2.24, 2.45) is 0 Å². The van der Waals surface area contributed by atoms with E-state index in [1.165, 1.54) is 0 Å². The molecular weight excluding hydrogens is 474 g/mol. The number of nitrogens with zero attached hydrogens (tertiary/aromatic N) is 3. The maximum atomic E-state index is 13.1. The Morgan fingerprint density at radius 1 is 0.941 bits per heavy atom. The fourth-order valence-corrected chi connectivity index (χ4v) is 4.89. The molecule has 1 amide bonds. The summed E-state index contributed by atoms with van der Waals surface area (Å²) in [4.78, 5) is 17.0. The highest BCUT2D eigenvalue weighted by molar-refractivity contribution is 7.92. The molecule has 1 heterocycles. The van der Waals surface area contributed by atoms with Crippen molar-refractivity contribution in [2.75, 3.05) is 48.2 Å². The van der Waals surface area contributed by atoms with Crippen LogP contribution in [0.2, 0.25) is 5.02 Å². The molecule has 0 spiro atoms. The van der Waals surface area contributed by atoms with E-state index in [0.717, 1.165) is 16.2 Å². The van der Waals surface area contributed by atoms with Crippen molar-refractivity contribution < 1.29 is 17.9 Å². The van der Waals surface area contributed by atoms with Crippen LogP contribution in [0.3, 0.4) is 0 Å². The maximum absolute atomic E-state index is 13.1. The Bertz CT molecular complexity index is 1250. The minimum Gasteiger partial charge on any atom is -0.455 e. The zero-order valence-corrected chi connectivity index (χ0v) is 20.4. The molecular formula is C25H26ClN3O4S. The zero-order valence-electron chi connectivity index (χ0n) is 18.8. The lowest BCUT2D eigenvalue weighted by atomic mass is 10.2. The van der Waals surface area contributed by atoms with E-state index in [2.05, 4.69) is 4.90 Å². The van der Waals surface area contributed by atoms with Gasteiger partial charge in [-0.1, -0.05) is 48.0 Å². The van der Waals surface area contributed by atoms with Gasteiger partial charge >= 0.3 is 0 Å². The van der Waals surface area contributed by atoms with Crippen LogP contribution in [0.4, 0.5) is 11.4 Å². The average Bonchev–Trinajstić information content (AvgIpc) is 2.83. The van der Waals surface area contributed by atoms with Crippen LogP contribution in [-0.4, -0.2) is 58.2 Å². The molecule has 1 fully saturated rings. The molecule has 7 nitrogen and oxygen atoms in total. The van der Waals surface area contributed by atoms with Crippen molar-refractivity contribution in [1.82, 2.24) is 4.90 Å². The SMILES string of the molecule is CS(=O)(=O)N(CC(=O)N1CCN(c2cccc(Cl)c2)CC1)c1ccccc1Oc1ccccc1. The first-order valence-electron chi connectivity index (χ1n) is 10.9. The molecule has 3 aromatic carbocycles. The third-order valence-corrected chi connectivity index (χ3v) is 6.95. The number of amides is 1. The number of ether oxygens (including phenoxy) is 1. The zero-order chi connectivity index (χ0) is 24.1. The third-order valence-electron chi connectivity index (χ3n) is 5.59. The number of piperazine rings is 1. The summed E-state index contributed by atoms with van der Waals surface area (Å²) in [5.41, 5.74) is 1.32. The topological polar surface area (TPSA) is 70.2 Å². The Kier molecular flexibility index (Phi) is 7.29. The highest BCUT2D eigenvalue weighted by atomic mass is 35.5. The van der Waals surface area contributed by atoms with E-state index in [1.54, 1.807) is 41.3 Å². The van der Waals surface area contributed by atoms with E-state index in [-0.39, 0.29) is 12.5 Å². The van der Waals surface area contributed by atoms with Crippen molar-refractivity contribution in [3.05, 3.63) is 83.9 Å². The minimum atomic E-state index is -3.74. The van der Waals surface area contributed by atoms with Gasteiger partial charge in [0.1, 0.15) is 12.3 Å². The summed E-state index contributed by atoms with van der Waals surface area (Å²) < 4.78 is 32.5. The average molecular weight is 500 g/mol. The highest BCUT2D eigenvalue weighted by Crippen LogP contribution is 2.33. The first kappa shape index (κ1) is 23.9. The molecule has 0 atom stereocenters. The van der Waals surface area contributed by atoms with Gasteiger partial charge < -0.3 is 14.5 Å². The van der Waals surface area contributed by atoms with Crippen LogP contribution in [-0.2, 0) is 14.8 Å². The molecule has 0 bridgehead atoms. The monoisotopic (exact) mass is 499 g/mol. The van der Waals surface area contributed by atoms with E-state index >= 15 is 0 Å². The first-order chi connectivity index (χ1) is 16.3. The van der Waals surface area contributed by atoms with Gasteiger partial charge in [0.25, 0.3) is 0 Å². The van der Waals surface area contributed by atoms with Gasteiger partial charge in [-0.05, 0) is 42.5 Å². The number of halogens is 1. The van der Waals surface area contributed by atoms with Crippen LogP contribution in [0.5, 0.6) is 11.5 Å². The standard InChI is InChI=1S/C25H26ClN3O4S/c1-34(31,32)29(23-12-5-6-13-24(23)33-22-10-3-2-4-11-22)19-25(30)28-16-14-27(15-17-28)21-9-7-8-20(26)18-21/h2-13,18H,14-17,19H2,1H3. The number of sulfonamides is 1. The number of hydrogen-bond donors (Lipinski definition) is 0. The molecule has 1 saturated heterocycles. The normalized spacial score (nSPS) is 14.1. The molecule has 1 aliphatic heterocycles. The van der Waals surface area contributed by atoms with E-state index in [0.29, 0.717) is 48.4 Å². The summed E-state index contributed by atoms with van der Waals surface area (Å²) in [5.74, 6) is 0.676. The Morgan fingerprint density at radius 3 is 2.29 bits per heavy atom. The molecule has 0 unspecified atom stereocenters. The molecule has 0 saturated carbocycles. The lowest BCUT2D eigenvalue weighted by Gasteiger charge is -2.37. The lowest BCUT2D eigenvalue weighted by molar-refractivity contribution is -0.129. The molecule has 0 radical (unpaired) electrons. The molecule has 9 heteroatoms. The number of para-hydroxylation sites is 3. The fourth-order valence-electron chi connectivity index (χ4n) is 3.86. The summed E-state index contributed by atoms with van der Waals surface area (Å²) in [6.45, 7) is 1.96. The summed E-state index contributed by atoms with van der Waals surface area (Å²) in [5, 5.41) is 0.663. The third kappa shape index (κ3) is 5.81. The quantitative estimate of drug-likeness (QED) is 0.486. The summed E-state index contributed by atoms with van der Waals surface area (Å²) >= 11 is 6.10. The molecule has 4 rings (SSSR count). The number of carbonyl (C=O) groups is 1. The Balaban J connectivity index is 1.48. The first-order valence-corrected chi connectivity index (χ1v) is 13.1. The van der Waals surface area contributed by atoms with Gasteiger partial charge in [-0.3, -0.25) is 9.10 Å².